The number of amides is 2. The van der Waals surface area contributed by atoms with E-state index in [1.54, 1.807) is 7.05 Å². The maximum Gasteiger partial charge on any atom is 0.321 e. The molecule has 0 aliphatic carbocycles. The fraction of sp³-hybridized carbons (Fsp3) is 0.412. The highest BCUT2D eigenvalue weighted by Gasteiger charge is 2.15. The minimum Gasteiger partial charge on any atom is -0.327 e. The van der Waals surface area contributed by atoms with Gasteiger partial charge in [0.1, 0.15) is 11.6 Å². The third-order valence-corrected chi connectivity index (χ3v) is 4.04. The second kappa shape index (κ2) is 7.42. The molecule has 2 amide bonds. The molecule has 1 heterocycles. The third-order valence-electron chi connectivity index (χ3n) is 4.04. The van der Waals surface area contributed by atoms with Crippen LogP contribution in [0.15, 0.2) is 18.2 Å². The lowest BCUT2D eigenvalue weighted by Gasteiger charge is -2.18. The number of urea groups is 1. The molecule has 24 heavy (non-hydrogen) atoms. The van der Waals surface area contributed by atoms with Gasteiger partial charge in [0, 0.05) is 31.9 Å². The summed E-state index contributed by atoms with van der Waals surface area (Å²) in [4.78, 5) is 13.6. The fourth-order valence-corrected chi connectivity index (χ4v) is 2.59. The Morgan fingerprint density at radius 2 is 2.04 bits per heavy atom. The fourth-order valence-electron chi connectivity index (χ4n) is 2.59. The van der Waals surface area contributed by atoms with Gasteiger partial charge < -0.3 is 10.2 Å². The van der Waals surface area contributed by atoms with E-state index in [0.29, 0.717) is 13.0 Å². The average Bonchev–Trinajstić information content (AvgIpc) is 2.82. The summed E-state index contributed by atoms with van der Waals surface area (Å²) >= 11 is 0. The molecule has 2 aromatic rings. The summed E-state index contributed by atoms with van der Waals surface area (Å²) < 4.78 is 28.7. The number of aromatic nitrogens is 2. The van der Waals surface area contributed by atoms with Gasteiger partial charge in [-0.25, -0.2) is 13.6 Å². The molecule has 0 unspecified atom stereocenters. The third kappa shape index (κ3) is 3.90. The summed E-state index contributed by atoms with van der Waals surface area (Å²) in [5, 5.41) is 6.83. The molecule has 0 aliphatic heterocycles. The lowest BCUT2D eigenvalue weighted by atomic mass is 10.1. The first kappa shape index (κ1) is 17.9. The molecule has 1 aromatic carbocycles. The van der Waals surface area contributed by atoms with E-state index in [9.17, 15) is 13.6 Å². The molecular weight excluding hydrogens is 314 g/mol. The van der Waals surface area contributed by atoms with Crippen LogP contribution in [0, 0.1) is 25.5 Å². The lowest BCUT2D eigenvalue weighted by Crippen LogP contribution is -2.33. The average molecular weight is 336 g/mol. The first-order chi connectivity index (χ1) is 11.3. The van der Waals surface area contributed by atoms with Crippen LogP contribution in [0.4, 0.5) is 19.3 Å². The Morgan fingerprint density at radius 1 is 1.33 bits per heavy atom. The van der Waals surface area contributed by atoms with Crippen molar-refractivity contribution in [2.24, 2.45) is 0 Å². The summed E-state index contributed by atoms with van der Waals surface area (Å²) in [6.45, 7) is 7.20. The molecule has 0 fully saturated rings. The second-order valence-electron chi connectivity index (χ2n) is 5.69. The maximum atomic E-state index is 13.6. The van der Waals surface area contributed by atoms with E-state index in [0.717, 1.165) is 41.7 Å². The summed E-state index contributed by atoms with van der Waals surface area (Å²) in [5.41, 5.74) is 2.96. The SMILES string of the molecule is CCn1nc(C)c(CCN(C)C(=O)Nc2cc(F)ccc2F)c1C. The number of carbonyl (C=O) groups is 1. The molecule has 7 heteroatoms. The Hall–Kier alpha value is -2.44. The zero-order valence-electron chi connectivity index (χ0n) is 14.4. The monoisotopic (exact) mass is 336 g/mol. The first-order valence-corrected chi connectivity index (χ1v) is 7.83. The number of aryl methyl sites for hydroxylation is 2. The number of nitrogens with one attached hydrogen (secondary N) is 1. The number of likely N-dealkylation sites (N-methyl/N-ethyl adjacent to an activating group) is 1. The Labute approximate surface area is 140 Å². The van der Waals surface area contributed by atoms with Gasteiger partial charge in [-0.1, -0.05) is 0 Å². The Morgan fingerprint density at radius 3 is 2.67 bits per heavy atom. The molecule has 1 N–H and O–H groups in total. The molecule has 2 rings (SSSR count). The smallest absolute Gasteiger partial charge is 0.321 e. The van der Waals surface area contributed by atoms with Crippen molar-refractivity contribution in [1.29, 1.82) is 0 Å². The van der Waals surface area contributed by atoms with Crippen LogP contribution in [0.1, 0.15) is 23.9 Å². The van der Waals surface area contributed by atoms with E-state index in [4.69, 9.17) is 0 Å². The van der Waals surface area contributed by atoms with E-state index in [1.165, 1.54) is 4.90 Å². The number of halogens is 2. The van der Waals surface area contributed by atoms with Gasteiger partial charge in [-0.3, -0.25) is 4.68 Å². The van der Waals surface area contributed by atoms with Crippen molar-refractivity contribution in [3.8, 4) is 0 Å². The highest BCUT2D eigenvalue weighted by atomic mass is 19.1. The number of benzene rings is 1. The minimum absolute atomic E-state index is 0.169. The number of hydrogen-bond donors (Lipinski definition) is 1. The maximum absolute atomic E-state index is 13.6. The van der Waals surface area contributed by atoms with Crippen molar-refractivity contribution in [3.63, 3.8) is 0 Å². The number of rotatable bonds is 5. The molecule has 0 spiro atoms. The van der Waals surface area contributed by atoms with Crippen LogP contribution in [0.25, 0.3) is 0 Å². The van der Waals surface area contributed by atoms with Crippen molar-refractivity contribution in [2.75, 3.05) is 18.9 Å². The number of nitrogens with zero attached hydrogens (tertiary/aromatic N) is 3. The van der Waals surface area contributed by atoms with Gasteiger partial charge in [-0.05, 0) is 44.9 Å². The Bertz CT molecular complexity index is 742. The quantitative estimate of drug-likeness (QED) is 0.908. The predicted octanol–water partition coefficient (Wildman–Crippen LogP) is 3.50. The predicted molar refractivity (Wildman–Crippen MR) is 89.1 cm³/mol. The lowest BCUT2D eigenvalue weighted by molar-refractivity contribution is 0.223. The van der Waals surface area contributed by atoms with Crippen LogP contribution in [0.2, 0.25) is 0 Å². The number of hydrogen-bond acceptors (Lipinski definition) is 2. The van der Waals surface area contributed by atoms with Gasteiger partial charge in [-0.15, -0.1) is 0 Å². The van der Waals surface area contributed by atoms with E-state index < -0.39 is 17.7 Å². The Balaban J connectivity index is 1.99. The standard InChI is InChI=1S/C17H22F2N4O/c1-5-23-12(3)14(11(2)21-23)8-9-22(4)17(24)20-16-10-13(18)6-7-15(16)19/h6-7,10H,5,8-9H2,1-4H3,(H,20,24). The van der Waals surface area contributed by atoms with Gasteiger partial charge in [0.25, 0.3) is 0 Å². The zero-order valence-corrected chi connectivity index (χ0v) is 14.4. The molecule has 0 radical (unpaired) electrons. The van der Waals surface area contributed by atoms with Crippen molar-refractivity contribution >= 4 is 11.7 Å². The van der Waals surface area contributed by atoms with Crippen LogP contribution in [0.5, 0.6) is 0 Å². The van der Waals surface area contributed by atoms with E-state index in [1.807, 2.05) is 25.5 Å². The molecule has 0 bridgehead atoms. The van der Waals surface area contributed by atoms with Crippen LogP contribution >= 0.6 is 0 Å². The highest BCUT2D eigenvalue weighted by Crippen LogP contribution is 2.17. The largest absolute Gasteiger partial charge is 0.327 e. The van der Waals surface area contributed by atoms with Crippen LogP contribution in [-0.4, -0.2) is 34.3 Å². The molecule has 0 saturated carbocycles. The van der Waals surface area contributed by atoms with Crippen LogP contribution < -0.4 is 5.32 Å². The summed E-state index contributed by atoms with van der Waals surface area (Å²) in [5.74, 6) is -1.28. The summed E-state index contributed by atoms with van der Waals surface area (Å²) in [6, 6.07) is 2.46. The highest BCUT2D eigenvalue weighted by molar-refractivity contribution is 5.89. The van der Waals surface area contributed by atoms with Crippen LogP contribution in [-0.2, 0) is 13.0 Å². The minimum atomic E-state index is -0.672. The van der Waals surface area contributed by atoms with Gasteiger partial charge in [-0.2, -0.15) is 5.10 Å². The molecule has 0 atom stereocenters. The van der Waals surface area contributed by atoms with Gasteiger partial charge >= 0.3 is 6.03 Å². The summed E-state index contributed by atoms with van der Waals surface area (Å²) in [7, 11) is 1.61. The van der Waals surface area contributed by atoms with Crippen LogP contribution in [0.3, 0.4) is 0 Å². The number of anilines is 1. The van der Waals surface area contributed by atoms with Crippen molar-refractivity contribution < 1.29 is 13.6 Å². The molecule has 0 saturated heterocycles. The number of carbonyl (C=O) groups excluding carboxylic acids is 1. The molecule has 130 valence electrons. The van der Waals surface area contributed by atoms with Gasteiger partial charge in [0.2, 0.25) is 0 Å². The Kier molecular flexibility index (Phi) is 5.54. The van der Waals surface area contributed by atoms with Crippen molar-refractivity contribution in [3.05, 3.63) is 46.8 Å². The van der Waals surface area contributed by atoms with E-state index in [2.05, 4.69) is 10.4 Å². The van der Waals surface area contributed by atoms with E-state index in [-0.39, 0.29) is 5.69 Å². The molecular formula is C17H22F2N4O. The van der Waals surface area contributed by atoms with Crippen molar-refractivity contribution in [1.82, 2.24) is 14.7 Å². The molecule has 1 aromatic heterocycles. The topological polar surface area (TPSA) is 50.2 Å². The van der Waals surface area contributed by atoms with Crippen molar-refractivity contribution in [2.45, 2.75) is 33.7 Å². The normalized spacial score (nSPS) is 10.8. The zero-order chi connectivity index (χ0) is 17.9. The molecule has 5 nitrogen and oxygen atoms in total. The second-order valence-corrected chi connectivity index (χ2v) is 5.69. The molecule has 0 aliphatic rings. The van der Waals surface area contributed by atoms with Gasteiger partial charge in [0.05, 0.1) is 11.4 Å². The summed E-state index contributed by atoms with van der Waals surface area (Å²) in [6.07, 6.45) is 0.646. The van der Waals surface area contributed by atoms with E-state index >= 15 is 0 Å². The first-order valence-electron chi connectivity index (χ1n) is 7.83. The van der Waals surface area contributed by atoms with Gasteiger partial charge in [0.15, 0.2) is 0 Å².